The van der Waals surface area contributed by atoms with E-state index >= 15 is 0 Å². The van der Waals surface area contributed by atoms with E-state index in [2.05, 4.69) is 6.92 Å². The maximum absolute atomic E-state index is 6.29. The summed E-state index contributed by atoms with van der Waals surface area (Å²) in [5, 5.41) is 0. The van der Waals surface area contributed by atoms with Gasteiger partial charge >= 0.3 is 0 Å². The lowest BCUT2D eigenvalue weighted by Gasteiger charge is -2.44. The first kappa shape index (κ1) is 19.8. The molecule has 1 aliphatic heterocycles. The van der Waals surface area contributed by atoms with Gasteiger partial charge in [-0.2, -0.15) is 0 Å². The average molecular weight is 319 g/mol. The van der Waals surface area contributed by atoms with Crippen LogP contribution in [0.5, 0.6) is 0 Å². The summed E-state index contributed by atoms with van der Waals surface area (Å²) in [5.74, 6) is 0. The molecule has 1 fully saturated rings. The van der Waals surface area contributed by atoms with Crippen molar-refractivity contribution in [3.63, 3.8) is 0 Å². The largest absolute Gasteiger partial charge is 0.379 e. The fourth-order valence-corrected chi connectivity index (χ4v) is 2.68. The molecular weight excluding hydrogens is 286 g/mol. The smallest absolute Gasteiger partial charge is 0.175 e. The molecule has 1 unspecified atom stereocenters. The molecule has 5 atom stereocenters. The van der Waals surface area contributed by atoms with Gasteiger partial charge in [-0.3, -0.25) is 0 Å². The highest BCUT2D eigenvalue weighted by molar-refractivity contribution is 4.93. The molecule has 0 saturated carbocycles. The zero-order valence-corrected chi connectivity index (χ0v) is 14.5. The minimum atomic E-state index is -0.481. The molecule has 1 heterocycles. The molecule has 1 aliphatic rings. The van der Waals surface area contributed by atoms with Crippen molar-refractivity contribution in [1.29, 1.82) is 0 Å². The molecule has 1 rings (SSSR count). The van der Waals surface area contributed by atoms with Crippen LogP contribution in [0.2, 0.25) is 0 Å². The summed E-state index contributed by atoms with van der Waals surface area (Å²) in [6.45, 7) is 8.35. The molecule has 132 valence electrons. The Bertz CT molecular complexity index is 279. The van der Waals surface area contributed by atoms with E-state index in [0.717, 1.165) is 19.3 Å². The number of nitrogens with two attached hydrogens (primary N) is 1. The second-order valence-electron chi connectivity index (χ2n) is 5.48. The number of ether oxygens (including phenoxy) is 5. The quantitative estimate of drug-likeness (QED) is 0.585. The Labute approximate surface area is 134 Å². The van der Waals surface area contributed by atoms with Crippen molar-refractivity contribution in [3.05, 3.63) is 0 Å². The molecule has 0 spiro atoms. The van der Waals surface area contributed by atoms with Crippen LogP contribution in [0, 0.1) is 0 Å². The van der Waals surface area contributed by atoms with Crippen molar-refractivity contribution in [3.8, 4) is 0 Å². The van der Waals surface area contributed by atoms with Crippen LogP contribution in [0.3, 0.4) is 0 Å². The van der Waals surface area contributed by atoms with E-state index in [1.807, 2.05) is 13.8 Å². The third-order valence-corrected chi connectivity index (χ3v) is 3.84. The van der Waals surface area contributed by atoms with E-state index in [1.165, 1.54) is 0 Å². The van der Waals surface area contributed by atoms with Crippen LogP contribution in [0.15, 0.2) is 0 Å². The molecule has 1 saturated heterocycles. The zero-order chi connectivity index (χ0) is 16.4. The van der Waals surface area contributed by atoms with Gasteiger partial charge in [0.1, 0.15) is 18.3 Å². The topological polar surface area (TPSA) is 72.2 Å². The third kappa shape index (κ3) is 5.76. The summed E-state index contributed by atoms with van der Waals surface area (Å²) < 4.78 is 28.7. The Morgan fingerprint density at radius 3 is 2.36 bits per heavy atom. The van der Waals surface area contributed by atoms with E-state index < -0.39 is 6.29 Å². The van der Waals surface area contributed by atoms with Gasteiger partial charge in [0, 0.05) is 26.9 Å². The molecule has 2 N–H and O–H groups in total. The Balaban J connectivity index is 2.67. The van der Waals surface area contributed by atoms with Crippen molar-refractivity contribution >= 4 is 0 Å². The minimum absolute atomic E-state index is 0.238. The molecule has 0 aromatic rings. The van der Waals surface area contributed by atoms with Crippen LogP contribution in [0.1, 0.15) is 40.0 Å². The summed E-state index contributed by atoms with van der Waals surface area (Å²) in [7, 11) is 1.65. The van der Waals surface area contributed by atoms with Gasteiger partial charge in [0.05, 0.1) is 12.6 Å². The van der Waals surface area contributed by atoms with Gasteiger partial charge in [-0.05, 0) is 20.3 Å². The highest BCUT2D eigenvalue weighted by atomic mass is 16.7. The van der Waals surface area contributed by atoms with Gasteiger partial charge < -0.3 is 29.4 Å². The van der Waals surface area contributed by atoms with E-state index in [9.17, 15) is 0 Å². The molecule has 0 amide bonds. The number of hydrogen-bond acceptors (Lipinski definition) is 6. The Morgan fingerprint density at radius 1 is 1.00 bits per heavy atom. The molecule has 0 radical (unpaired) electrons. The number of unbranched alkanes of at least 4 members (excludes halogenated alkanes) is 2. The van der Waals surface area contributed by atoms with Crippen LogP contribution in [0.4, 0.5) is 0 Å². The first-order valence-corrected chi connectivity index (χ1v) is 8.44. The van der Waals surface area contributed by atoms with Gasteiger partial charge in [0.25, 0.3) is 0 Å². The Hall–Kier alpha value is -0.240. The lowest BCUT2D eigenvalue weighted by atomic mass is 9.97. The number of rotatable bonds is 11. The monoisotopic (exact) mass is 319 g/mol. The molecule has 6 heteroatoms. The highest BCUT2D eigenvalue weighted by Gasteiger charge is 2.45. The van der Waals surface area contributed by atoms with Crippen molar-refractivity contribution in [2.75, 3.05) is 33.5 Å². The van der Waals surface area contributed by atoms with Gasteiger partial charge in [-0.15, -0.1) is 0 Å². The summed E-state index contributed by atoms with van der Waals surface area (Å²) in [6, 6.07) is -0.371. The average Bonchev–Trinajstić information content (AvgIpc) is 2.53. The first-order chi connectivity index (χ1) is 10.7. The van der Waals surface area contributed by atoms with Gasteiger partial charge in [-0.25, -0.2) is 0 Å². The van der Waals surface area contributed by atoms with Crippen molar-refractivity contribution in [2.24, 2.45) is 5.73 Å². The summed E-state index contributed by atoms with van der Waals surface area (Å²) in [6.07, 6.45) is 2.07. The van der Waals surface area contributed by atoms with Crippen molar-refractivity contribution < 1.29 is 23.7 Å². The highest BCUT2D eigenvalue weighted by Crippen LogP contribution is 2.25. The third-order valence-electron chi connectivity index (χ3n) is 3.84. The zero-order valence-electron chi connectivity index (χ0n) is 14.5. The molecule has 6 nitrogen and oxygen atoms in total. The maximum Gasteiger partial charge on any atom is 0.175 e. The molecule has 0 bridgehead atoms. The van der Waals surface area contributed by atoms with E-state index in [4.69, 9.17) is 29.4 Å². The molecule has 0 aromatic heterocycles. The number of hydrogen-bond donors (Lipinski definition) is 1. The van der Waals surface area contributed by atoms with Crippen molar-refractivity contribution in [1.82, 2.24) is 0 Å². The van der Waals surface area contributed by atoms with E-state index in [-0.39, 0.29) is 24.4 Å². The van der Waals surface area contributed by atoms with Crippen LogP contribution < -0.4 is 5.73 Å². The maximum atomic E-state index is 6.29. The predicted molar refractivity (Wildman–Crippen MR) is 84.8 cm³/mol. The summed E-state index contributed by atoms with van der Waals surface area (Å²) in [5.41, 5.74) is 6.29. The SMILES string of the molecule is CCCCCOC1O[C@H](COCC)[C@@H](OC)[C@H](OCC)[C@H]1N. The van der Waals surface area contributed by atoms with Gasteiger partial charge in [0.2, 0.25) is 0 Å². The fourth-order valence-electron chi connectivity index (χ4n) is 2.68. The minimum Gasteiger partial charge on any atom is -0.379 e. The Morgan fingerprint density at radius 2 is 1.77 bits per heavy atom. The molecule has 0 aliphatic carbocycles. The van der Waals surface area contributed by atoms with Gasteiger partial charge in [-0.1, -0.05) is 19.8 Å². The standard InChI is InChI=1S/C16H33NO5/c1-5-8-9-10-21-16-13(17)15(20-7-3)14(18-4)12(22-16)11-19-6-2/h12-16H,5-11,17H2,1-4H3/t12-,13-,14-,15-,16?/m1/s1. The second kappa shape index (κ2) is 11.3. The van der Waals surface area contributed by atoms with E-state index in [0.29, 0.717) is 26.4 Å². The van der Waals surface area contributed by atoms with Crippen molar-refractivity contribution in [2.45, 2.75) is 70.7 Å². The molecule has 22 heavy (non-hydrogen) atoms. The van der Waals surface area contributed by atoms with Gasteiger partial charge in [0.15, 0.2) is 6.29 Å². The predicted octanol–water partition coefficient (Wildman–Crippen LogP) is 1.70. The van der Waals surface area contributed by atoms with Crippen LogP contribution >= 0.6 is 0 Å². The number of methoxy groups -OCH3 is 1. The summed E-state index contributed by atoms with van der Waals surface area (Å²) >= 11 is 0. The Kier molecular flexibility index (Phi) is 10.2. The van der Waals surface area contributed by atoms with Crippen LogP contribution in [-0.2, 0) is 23.7 Å². The first-order valence-electron chi connectivity index (χ1n) is 8.44. The molecule has 0 aromatic carbocycles. The van der Waals surface area contributed by atoms with Crippen LogP contribution in [-0.4, -0.2) is 64.2 Å². The summed E-state index contributed by atoms with van der Waals surface area (Å²) in [4.78, 5) is 0. The van der Waals surface area contributed by atoms with E-state index in [1.54, 1.807) is 7.11 Å². The lowest BCUT2D eigenvalue weighted by Crippen LogP contribution is -2.64. The lowest BCUT2D eigenvalue weighted by molar-refractivity contribution is -0.278. The second-order valence-corrected chi connectivity index (χ2v) is 5.48. The normalized spacial score (nSPS) is 32.3. The van der Waals surface area contributed by atoms with Crippen LogP contribution in [0.25, 0.3) is 0 Å². The molecular formula is C16H33NO5. The fraction of sp³-hybridized carbons (Fsp3) is 1.00.